The first-order valence-electron chi connectivity index (χ1n) is 11.0. The molecule has 0 radical (unpaired) electrons. The van der Waals surface area contributed by atoms with Crippen molar-refractivity contribution in [2.45, 2.75) is 55.6 Å². The molecule has 2 aliphatic rings. The molecular formula is C24H29ClO8. The van der Waals surface area contributed by atoms with Crippen LogP contribution in [0.25, 0.3) is 0 Å². The number of aliphatic hydroxyl groups is 5. The lowest BCUT2D eigenvalue weighted by Gasteiger charge is -2.45. The van der Waals surface area contributed by atoms with Gasteiger partial charge in [-0.05, 0) is 41.8 Å². The Labute approximate surface area is 196 Å². The van der Waals surface area contributed by atoms with E-state index in [2.05, 4.69) is 0 Å². The molecule has 0 saturated carbocycles. The van der Waals surface area contributed by atoms with E-state index in [0.29, 0.717) is 30.2 Å². The molecule has 0 amide bonds. The zero-order valence-corrected chi connectivity index (χ0v) is 18.8. The van der Waals surface area contributed by atoms with Crippen LogP contribution in [0.3, 0.4) is 0 Å². The van der Waals surface area contributed by atoms with Crippen molar-refractivity contribution in [2.24, 2.45) is 0 Å². The molecule has 4 rings (SSSR count). The molecule has 2 aliphatic heterocycles. The SMILES string of the molecule is OC[C@H]1O[C@@](O)(c2ccc(Cl)c(Cc3ccc(OC4CCOCC4)cc3)c2)[C@H](O)[C@@H](O)[C@@H]1O. The van der Waals surface area contributed by atoms with E-state index in [1.54, 1.807) is 12.1 Å². The molecule has 33 heavy (non-hydrogen) atoms. The highest BCUT2D eigenvalue weighted by molar-refractivity contribution is 6.31. The van der Waals surface area contributed by atoms with Crippen molar-refractivity contribution < 1.29 is 39.7 Å². The van der Waals surface area contributed by atoms with Crippen LogP contribution in [0.5, 0.6) is 5.75 Å². The molecule has 180 valence electrons. The largest absolute Gasteiger partial charge is 0.490 e. The van der Waals surface area contributed by atoms with Crippen molar-refractivity contribution >= 4 is 11.6 Å². The van der Waals surface area contributed by atoms with Gasteiger partial charge in [-0.25, -0.2) is 0 Å². The highest BCUT2D eigenvalue weighted by atomic mass is 35.5. The third-order valence-electron chi connectivity index (χ3n) is 6.21. The molecule has 9 heteroatoms. The van der Waals surface area contributed by atoms with E-state index in [4.69, 9.17) is 25.8 Å². The van der Waals surface area contributed by atoms with Gasteiger partial charge in [0.25, 0.3) is 0 Å². The predicted molar refractivity (Wildman–Crippen MR) is 119 cm³/mol. The van der Waals surface area contributed by atoms with Gasteiger partial charge < -0.3 is 39.7 Å². The van der Waals surface area contributed by atoms with Crippen LogP contribution in [-0.2, 0) is 21.7 Å². The number of ether oxygens (including phenoxy) is 3. The summed E-state index contributed by atoms with van der Waals surface area (Å²) in [5.74, 6) is -1.55. The van der Waals surface area contributed by atoms with Gasteiger partial charge >= 0.3 is 0 Å². The molecule has 2 aromatic carbocycles. The second kappa shape index (κ2) is 10.2. The molecular weight excluding hydrogens is 452 g/mol. The minimum Gasteiger partial charge on any atom is -0.490 e. The smallest absolute Gasteiger partial charge is 0.222 e. The Morgan fingerprint density at radius 2 is 1.70 bits per heavy atom. The standard InChI is InChI=1S/C24H29ClO8/c25-19-6-3-16(24(30)23(29)22(28)21(27)20(13-26)33-24)12-15(19)11-14-1-4-17(5-2-14)32-18-7-9-31-10-8-18/h1-6,12,18,20-23,26-30H,7-11,13H2/t20-,21-,22+,23-,24+/m1/s1. The van der Waals surface area contributed by atoms with Crippen molar-refractivity contribution in [1.29, 1.82) is 0 Å². The number of benzene rings is 2. The Kier molecular flexibility index (Phi) is 7.57. The lowest BCUT2D eigenvalue weighted by Crippen LogP contribution is -2.63. The highest BCUT2D eigenvalue weighted by Gasteiger charge is 2.53. The Bertz CT molecular complexity index is 931. The van der Waals surface area contributed by atoms with Gasteiger partial charge in [-0.3, -0.25) is 0 Å². The predicted octanol–water partition coefficient (Wildman–Crippen LogP) is 1.11. The summed E-state index contributed by atoms with van der Waals surface area (Å²) in [5.41, 5.74) is 1.77. The number of aliphatic hydroxyl groups excluding tert-OH is 4. The van der Waals surface area contributed by atoms with Gasteiger partial charge in [0.05, 0.1) is 19.8 Å². The van der Waals surface area contributed by atoms with Gasteiger partial charge in [-0.2, -0.15) is 0 Å². The molecule has 5 N–H and O–H groups in total. The Hall–Kier alpha value is -1.75. The number of rotatable bonds is 6. The van der Waals surface area contributed by atoms with Crippen LogP contribution in [0.2, 0.25) is 5.02 Å². The van der Waals surface area contributed by atoms with Crippen LogP contribution in [0.4, 0.5) is 0 Å². The molecule has 0 unspecified atom stereocenters. The number of hydrogen-bond donors (Lipinski definition) is 5. The minimum atomic E-state index is -2.33. The highest BCUT2D eigenvalue weighted by Crippen LogP contribution is 2.38. The van der Waals surface area contributed by atoms with Gasteiger partial charge in [0.1, 0.15) is 36.3 Å². The molecule has 0 spiro atoms. The van der Waals surface area contributed by atoms with E-state index in [-0.39, 0.29) is 11.7 Å². The van der Waals surface area contributed by atoms with Crippen molar-refractivity contribution in [1.82, 2.24) is 0 Å². The van der Waals surface area contributed by atoms with Gasteiger partial charge in [0, 0.05) is 23.4 Å². The fourth-order valence-electron chi connectivity index (χ4n) is 4.22. The third kappa shape index (κ3) is 5.18. The fourth-order valence-corrected chi connectivity index (χ4v) is 4.40. The molecule has 8 nitrogen and oxygen atoms in total. The molecule has 2 heterocycles. The van der Waals surface area contributed by atoms with Crippen molar-refractivity contribution in [3.63, 3.8) is 0 Å². The first-order valence-corrected chi connectivity index (χ1v) is 11.4. The molecule has 0 aromatic heterocycles. The second-order valence-electron chi connectivity index (χ2n) is 8.52. The van der Waals surface area contributed by atoms with Gasteiger partial charge in [0.2, 0.25) is 5.79 Å². The summed E-state index contributed by atoms with van der Waals surface area (Å²) < 4.78 is 16.8. The summed E-state index contributed by atoms with van der Waals surface area (Å²) in [7, 11) is 0. The first kappa shape index (κ1) is 24.4. The Morgan fingerprint density at radius 1 is 1.00 bits per heavy atom. The summed E-state index contributed by atoms with van der Waals surface area (Å²) in [6.45, 7) is 0.769. The summed E-state index contributed by atoms with van der Waals surface area (Å²) in [5, 5.41) is 51.5. The average Bonchev–Trinajstić information content (AvgIpc) is 2.83. The molecule has 2 fully saturated rings. The van der Waals surface area contributed by atoms with E-state index in [9.17, 15) is 25.5 Å². The monoisotopic (exact) mass is 480 g/mol. The number of hydrogen-bond acceptors (Lipinski definition) is 8. The second-order valence-corrected chi connectivity index (χ2v) is 8.93. The van der Waals surface area contributed by atoms with Gasteiger partial charge in [0.15, 0.2) is 0 Å². The molecule has 5 atom stereocenters. The normalized spacial score (nSPS) is 30.8. The van der Waals surface area contributed by atoms with Crippen LogP contribution in [0.1, 0.15) is 29.5 Å². The zero-order valence-electron chi connectivity index (χ0n) is 18.0. The third-order valence-corrected chi connectivity index (χ3v) is 6.58. The first-order chi connectivity index (χ1) is 15.8. The van der Waals surface area contributed by atoms with Crippen LogP contribution in [0.15, 0.2) is 42.5 Å². The van der Waals surface area contributed by atoms with Crippen molar-refractivity contribution in [3.8, 4) is 5.75 Å². The van der Waals surface area contributed by atoms with Crippen LogP contribution < -0.4 is 4.74 Å². The van der Waals surface area contributed by atoms with E-state index in [1.165, 1.54) is 6.07 Å². The molecule has 0 aliphatic carbocycles. The minimum absolute atomic E-state index is 0.148. The lowest BCUT2D eigenvalue weighted by atomic mass is 9.87. The maximum atomic E-state index is 11.1. The Morgan fingerprint density at radius 3 is 2.36 bits per heavy atom. The van der Waals surface area contributed by atoms with Gasteiger partial charge in [-0.15, -0.1) is 0 Å². The summed E-state index contributed by atoms with van der Waals surface area (Å²) >= 11 is 6.38. The van der Waals surface area contributed by atoms with E-state index < -0.39 is 36.8 Å². The summed E-state index contributed by atoms with van der Waals surface area (Å²) in [6.07, 6.45) is -4.03. The number of halogens is 1. The van der Waals surface area contributed by atoms with E-state index in [1.807, 2.05) is 24.3 Å². The summed E-state index contributed by atoms with van der Waals surface area (Å²) in [6, 6.07) is 12.3. The van der Waals surface area contributed by atoms with Crippen molar-refractivity contribution in [3.05, 3.63) is 64.2 Å². The van der Waals surface area contributed by atoms with Crippen LogP contribution >= 0.6 is 11.6 Å². The van der Waals surface area contributed by atoms with Crippen molar-refractivity contribution in [2.75, 3.05) is 19.8 Å². The quantitative estimate of drug-likeness (QED) is 0.416. The van der Waals surface area contributed by atoms with Crippen LogP contribution in [0, 0.1) is 0 Å². The Balaban J connectivity index is 1.51. The molecule has 2 saturated heterocycles. The average molecular weight is 481 g/mol. The summed E-state index contributed by atoms with van der Waals surface area (Å²) in [4.78, 5) is 0. The van der Waals surface area contributed by atoms with E-state index in [0.717, 1.165) is 24.2 Å². The van der Waals surface area contributed by atoms with Gasteiger partial charge in [-0.1, -0.05) is 29.8 Å². The topological polar surface area (TPSA) is 129 Å². The maximum absolute atomic E-state index is 11.1. The maximum Gasteiger partial charge on any atom is 0.222 e. The van der Waals surface area contributed by atoms with E-state index >= 15 is 0 Å². The lowest BCUT2D eigenvalue weighted by molar-refractivity contribution is -0.357. The van der Waals surface area contributed by atoms with Crippen LogP contribution in [-0.4, -0.2) is 75.9 Å². The molecule has 2 aromatic rings. The fraction of sp³-hybridized carbons (Fsp3) is 0.500. The molecule has 0 bridgehead atoms. The zero-order chi connectivity index (χ0) is 23.6.